The van der Waals surface area contributed by atoms with E-state index < -0.39 is 0 Å². The Morgan fingerprint density at radius 2 is 2.07 bits per heavy atom. The van der Waals surface area contributed by atoms with Crippen LogP contribution in [0.3, 0.4) is 0 Å². The second-order valence-corrected chi connectivity index (χ2v) is 4.46. The summed E-state index contributed by atoms with van der Waals surface area (Å²) >= 11 is 0. The van der Waals surface area contributed by atoms with Gasteiger partial charge in [0.25, 0.3) is 0 Å². The van der Waals surface area contributed by atoms with Crippen molar-refractivity contribution in [3.05, 3.63) is 24.0 Å². The average Bonchev–Trinajstić information content (AvgIpc) is 2.86. The van der Waals surface area contributed by atoms with E-state index in [1.165, 1.54) is 31.6 Å². The third kappa shape index (κ3) is 2.61. The third-order valence-corrected chi connectivity index (χ3v) is 3.19. The second-order valence-electron chi connectivity index (χ2n) is 4.46. The van der Waals surface area contributed by atoms with Gasteiger partial charge in [-0.25, -0.2) is 0 Å². The summed E-state index contributed by atoms with van der Waals surface area (Å²) < 4.78 is 2.28. The Labute approximate surface area is 91.9 Å². The van der Waals surface area contributed by atoms with Crippen LogP contribution in [0.25, 0.3) is 0 Å². The number of hydrogen-bond donors (Lipinski definition) is 1. The normalized spacial score (nSPS) is 19.6. The zero-order valence-electron chi connectivity index (χ0n) is 9.52. The van der Waals surface area contributed by atoms with Gasteiger partial charge in [-0.15, -0.1) is 0 Å². The molecule has 3 nitrogen and oxygen atoms in total. The zero-order valence-corrected chi connectivity index (χ0v) is 9.52. The minimum absolute atomic E-state index is 0.138. The highest BCUT2D eigenvalue weighted by Gasteiger charge is 2.12. The van der Waals surface area contributed by atoms with Crippen molar-refractivity contribution in [2.24, 2.45) is 5.73 Å². The van der Waals surface area contributed by atoms with Gasteiger partial charge in [0.15, 0.2) is 0 Å². The van der Waals surface area contributed by atoms with Crippen LogP contribution < -0.4 is 5.73 Å². The maximum absolute atomic E-state index is 5.91. The fraction of sp³-hybridized carbons (Fsp3) is 0.667. The highest BCUT2D eigenvalue weighted by Crippen LogP contribution is 2.12. The first kappa shape index (κ1) is 10.7. The summed E-state index contributed by atoms with van der Waals surface area (Å²) in [5, 5.41) is 0. The van der Waals surface area contributed by atoms with E-state index in [0.717, 1.165) is 13.1 Å². The van der Waals surface area contributed by atoms with Crippen molar-refractivity contribution in [1.82, 2.24) is 9.47 Å². The molecule has 1 aliphatic rings. The maximum Gasteiger partial charge on any atom is 0.0421 e. The van der Waals surface area contributed by atoms with E-state index >= 15 is 0 Å². The Hall–Kier alpha value is -0.800. The number of nitrogens with zero attached hydrogens (tertiary/aromatic N) is 2. The van der Waals surface area contributed by atoms with Crippen LogP contribution in [0.1, 0.15) is 31.5 Å². The van der Waals surface area contributed by atoms with Gasteiger partial charge in [0.1, 0.15) is 0 Å². The summed E-state index contributed by atoms with van der Waals surface area (Å²) in [6, 6.07) is 4.34. The van der Waals surface area contributed by atoms with Crippen LogP contribution in [-0.4, -0.2) is 29.1 Å². The highest BCUT2D eigenvalue weighted by molar-refractivity contribution is 5.10. The fourth-order valence-electron chi connectivity index (χ4n) is 2.30. The molecule has 1 fully saturated rings. The van der Waals surface area contributed by atoms with Crippen LogP contribution >= 0.6 is 0 Å². The SMILES string of the molecule is CC(N)c1cccn1CCN1CCCC1. The van der Waals surface area contributed by atoms with Gasteiger partial charge in [-0.05, 0) is 45.0 Å². The summed E-state index contributed by atoms with van der Waals surface area (Å²) in [5.74, 6) is 0. The van der Waals surface area contributed by atoms with E-state index in [1.807, 2.05) is 6.92 Å². The maximum atomic E-state index is 5.91. The third-order valence-electron chi connectivity index (χ3n) is 3.19. The number of aromatic nitrogens is 1. The first-order chi connectivity index (χ1) is 7.27. The van der Waals surface area contributed by atoms with Gasteiger partial charge in [-0.3, -0.25) is 0 Å². The molecule has 15 heavy (non-hydrogen) atoms. The van der Waals surface area contributed by atoms with Gasteiger partial charge in [0, 0.05) is 31.0 Å². The molecular weight excluding hydrogens is 186 g/mol. The molecule has 2 heterocycles. The van der Waals surface area contributed by atoms with Gasteiger partial charge < -0.3 is 15.2 Å². The van der Waals surface area contributed by atoms with Gasteiger partial charge in [-0.1, -0.05) is 0 Å². The Morgan fingerprint density at radius 3 is 2.73 bits per heavy atom. The molecule has 2 N–H and O–H groups in total. The van der Waals surface area contributed by atoms with Crippen molar-refractivity contribution >= 4 is 0 Å². The molecule has 1 aliphatic heterocycles. The quantitative estimate of drug-likeness (QED) is 0.814. The molecule has 0 radical (unpaired) electrons. The Morgan fingerprint density at radius 1 is 1.33 bits per heavy atom. The van der Waals surface area contributed by atoms with E-state index in [1.54, 1.807) is 0 Å². The highest BCUT2D eigenvalue weighted by atomic mass is 15.2. The fourth-order valence-corrected chi connectivity index (χ4v) is 2.30. The topological polar surface area (TPSA) is 34.2 Å². The molecule has 3 heteroatoms. The van der Waals surface area contributed by atoms with Crippen LogP contribution in [0.5, 0.6) is 0 Å². The lowest BCUT2D eigenvalue weighted by atomic mass is 10.2. The van der Waals surface area contributed by atoms with Crippen LogP contribution in [-0.2, 0) is 6.54 Å². The largest absolute Gasteiger partial charge is 0.349 e. The van der Waals surface area contributed by atoms with E-state index in [9.17, 15) is 0 Å². The first-order valence-corrected chi connectivity index (χ1v) is 5.90. The van der Waals surface area contributed by atoms with Crippen molar-refractivity contribution in [3.63, 3.8) is 0 Å². The summed E-state index contributed by atoms with van der Waals surface area (Å²) in [6.07, 6.45) is 4.87. The minimum atomic E-state index is 0.138. The lowest BCUT2D eigenvalue weighted by molar-refractivity contribution is 0.320. The lowest BCUT2D eigenvalue weighted by Crippen LogP contribution is -2.25. The van der Waals surface area contributed by atoms with Crippen molar-refractivity contribution < 1.29 is 0 Å². The number of nitrogens with two attached hydrogens (primary N) is 1. The smallest absolute Gasteiger partial charge is 0.0421 e. The first-order valence-electron chi connectivity index (χ1n) is 5.90. The van der Waals surface area contributed by atoms with E-state index in [0.29, 0.717) is 0 Å². The van der Waals surface area contributed by atoms with E-state index in [4.69, 9.17) is 5.73 Å². The van der Waals surface area contributed by atoms with Gasteiger partial charge in [0.2, 0.25) is 0 Å². The Kier molecular flexibility index (Phi) is 3.44. The van der Waals surface area contributed by atoms with E-state index in [2.05, 4.69) is 27.8 Å². The van der Waals surface area contributed by atoms with Crippen LogP contribution in [0.4, 0.5) is 0 Å². The molecule has 84 valence electrons. The van der Waals surface area contributed by atoms with Gasteiger partial charge >= 0.3 is 0 Å². The van der Waals surface area contributed by atoms with E-state index in [-0.39, 0.29) is 6.04 Å². The Bertz CT molecular complexity index is 298. The molecule has 1 atom stereocenters. The minimum Gasteiger partial charge on any atom is -0.349 e. The molecule has 0 spiro atoms. The Balaban J connectivity index is 1.89. The van der Waals surface area contributed by atoms with Crippen LogP contribution in [0.15, 0.2) is 18.3 Å². The van der Waals surface area contributed by atoms with Crippen LogP contribution in [0, 0.1) is 0 Å². The summed E-state index contributed by atoms with van der Waals surface area (Å²) in [7, 11) is 0. The second kappa shape index (κ2) is 4.81. The number of likely N-dealkylation sites (tertiary alicyclic amines) is 1. The molecular formula is C12H21N3. The standard InChI is InChI=1S/C12H21N3/c1-11(13)12-5-4-8-15(12)10-9-14-6-2-3-7-14/h4-5,8,11H,2-3,6-7,9-10,13H2,1H3. The lowest BCUT2D eigenvalue weighted by Gasteiger charge is -2.17. The summed E-state index contributed by atoms with van der Waals surface area (Å²) in [4.78, 5) is 2.53. The monoisotopic (exact) mass is 207 g/mol. The molecule has 1 saturated heterocycles. The van der Waals surface area contributed by atoms with Gasteiger partial charge in [-0.2, -0.15) is 0 Å². The van der Waals surface area contributed by atoms with Crippen molar-refractivity contribution in [3.8, 4) is 0 Å². The molecule has 0 saturated carbocycles. The molecule has 1 aromatic rings. The molecule has 2 rings (SSSR count). The van der Waals surface area contributed by atoms with Gasteiger partial charge in [0.05, 0.1) is 0 Å². The number of hydrogen-bond acceptors (Lipinski definition) is 2. The van der Waals surface area contributed by atoms with Crippen LogP contribution in [0.2, 0.25) is 0 Å². The predicted molar refractivity (Wildman–Crippen MR) is 62.7 cm³/mol. The molecule has 1 unspecified atom stereocenters. The molecule has 0 amide bonds. The zero-order chi connectivity index (χ0) is 10.7. The summed E-state index contributed by atoms with van der Waals surface area (Å²) in [6.45, 7) is 6.82. The van der Waals surface area contributed by atoms with Crippen molar-refractivity contribution in [1.29, 1.82) is 0 Å². The molecule has 0 aliphatic carbocycles. The number of rotatable bonds is 4. The predicted octanol–water partition coefficient (Wildman–Crippen LogP) is 1.60. The van der Waals surface area contributed by atoms with Crippen molar-refractivity contribution in [2.45, 2.75) is 32.4 Å². The molecule has 0 bridgehead atoms. The summed E-state index contributed by atoms with van der Waals surface area (Å²) in [5.41, 5.74) is 7.15. The van der Waals surface area contributed by atoms with Crippen molar-refractivity contribution in [2.75, 3.05) is 19.6 Å². The molecule has 0 aromatic carbocycles. The molecule has 1 aromatic heterocycles. The average molecular weight is 207 g/mol.